The number of aromatic nitrogens is 2. The summed E-state index contributed by atoms with van der Waals surface area (Å²) in [4.78, 5) is 8.02. The van der Waals surface area contributed by atoms with Gasteiger partial charge in [-0.1, -0.05) is 0 Å². The Bertz CT molecular complexity index is 464. The Kier molecular flexibility index (Phi) is 3.34. The van der Waals surface area contributed by atoms with E-state index in [1.54, 1.807) is 6.92 Å². The summed E-state index contributed by atoms with van der Waals surface area (Å²) >= 11 is 3.21. The maximum atomic E-state index is 11.3. The minimum absolute atomic E-state index is 0.232. The fraction of sp³-hybridized carbons (Fsp3) is 0.500. The first-order chi connectivity index (χ1) is 6.73. The van der Waals surface area contributed by atoms with E-state index < -0.39 is 15.1 Å². The monoisotopic (exact) mass is 293 g/mol. The van der Waals surface area contributed by atoms with Crippen LogP contribution >= 0.6 is 15.9 Å². The van der Waals surface area contributed by atoms with Gasteiger partial charge in [0.25, 0.3) is 0 Å². The molecule has 0 bridgehead atoms. The van der Waals surface area contributed by atoms with E-state index in [2.05, 4.69) is 25.9 Å². The number of aryl methyl sites for hydroxylation is 1. The van der Waals surface area contributed by atoms with Gasteiger partial charge in [-0.2, -0.15) is 0 Å². The van der Waals surface area contributed by atoms with Crippen molar-refractivity contribution >= 4 is 31.6 Å². The molecule has 1 rings (SSSR count). The third-order valence-electron chi connectivity index (χ3n) is 2.07. The number of nitrogen functional groups attached to an aromatic ring is 1. The van der Waals surface area contributed by atoms with Crippen LogP contribution in [0.5, 0.6) is 0 Å². The van der Waals surface area contributed by atoms with Crippen LogP contribution in [-0.2, 0) is 9.84 Å². The predicted molar refractivity (Wildman–Crippen MR) is 62.1 cm³/mol. The highest BCUT2D eigenvalue weighted by Crippen LogP contribution is 2.24. The molecule has 1 heterocycles. The van der Waals surface area contributed by atoms with Crippen molar-refractivity contribution in [3.8, 4) is 0 Å². The van der Waals surface area contributed by atoms with Crippen molar-refractivity contribution in [2.45, 2.75) is 19.1 Å². The van der Waals surface area contributed by atoms with E-state index in [0.29, 0.717) is 10.2 Å². The fourth-order valence-electron chi connectivity index (χ4n) is 0.977. The van der Waals surface area contributed by atoms with Gasteiger partial charge in [0.1, 0.15) is 16.9 Å². The second-order valence-corrected chi connectivity index (χ2v) is 6.50. The van der Waals surface area contributed by atoms with Crippen molar-refractivity contribution in [2.24, 2.45) is 0 Å². The van der Waals surface area contributed by atoms with Gasteiger partial charge >= 0.3 is 0 Å². The van der Waals surface area contributed by atoms with Gasteiger partial charge in [-0.25, -0.2) is 18.4 Å². The molecule has 0 aliphatic rings. The first-order valence-electron chi connectivity index (χ1n) is 4.22. The molecule has 0 radical (unpaired) electrons. The molecule has 0 saturated heterocycles. The summed E-state index contributed by atoms with van der Waals surface area (Å²) in [7, 11) is -3.20. The Morgan fingerprint density at radius 1 is 1.40 bits per heavy atom. The molecule has 0 aromatic carbocycles. The lowest BCUT2D eigenvalue weighted by molar-refractivity contribution is 0.589. The predicted octanol–water partition coefficient (Wildman–Crippen LogP) is 1.24. The van der Waals surface area contributed by atoms with Crippen LogP contribution in [0.15, 0.2) is 4.47 Å². The molecule has 1 unspecified atom stereocenters. The molecular formula is C8H12BrN3O2S. The fourth-order valence-corrected chi connectivity index (χ4v) is 1.64. The third kappa shape index (κ3) is 2.66. The summed E-state index contributed by atoms with van der Waals surface area (Å²) < 4.78 is 23.2. The normalized spacial score (nSPS) is 13.9. The van der Waals surface area contributed by atoms with E-state index in [1.807, 2.05) is 0 Å². The number of nitrogens with two attached hydrogens (primary N) is 1. The van der Waals surface area contributed by atoms with Crippen molar-refractivity contribution < 1.29 is 8.42 Å². The summed E-state index contributed by atoms with van der Waals surface area (Å²) in [6.45, 7) is 3.28. The number of rotatable bonds is 2. The Balaban J connectivity index is 3.29. The van der Waals surface area contributed by atoms with Crippen LogP contribution in [0.25, 0.3) is 0 Å². The second-order valence-electron chi connectivity index (χ2n) is 3.34. The van der Waals surface area contributed by atoms with Gasteiger partial charge in [-0.05, 0) is 29.8 Å². The van der Waals surface area contributed by atoms with Gasteiger partial charge in [0, 0.05) is 6.26 Å². The van der Waals surface area contributed by atoms with Crippen LogP contribution in [0.1, 0.15) is 23.7 Å². The Morgan fingerprint density at radius 3 is 2.33 bits per heavy atom. The lowest BCUT2D eigenvalue weighted by atomic mass is 10.3. The molecule has 0 amide bonds. The van der Waals surface area contributed by atoms with E-state index >= 15 is 0 Å². The smallest absolute Gasteiger partial charge is 0.157 e. The molecule has 1 aromatic rings. The molecule has 84 valence electrons. The van der Waals surface area contributed by atoms with Crippen LogP contribution in [-0.4, -0.2) is 24.6 Å². The van der Waals surface area contributed by atoms with Gasteiger partial charge in [-0.15, -0.1) is 0 Å². The third-order valence-corrected chi connectivity index (χ3v) is 4.54. The minimum Gasteiger partial charge on any atom is -0.383 e. The van der Waals surface area contributed by atoms with Crippen LogP contribution in [0.4, 0.5) is 5.82 Å². The largest absolute Gasteiger partial charge is 0.383 e. The van der Waals surface area contributed by atoms with Gasteiger partial charge in [0.05, 0.1) is 10.2 Å². The zero-order valence-corrected chi connectivity index (χ0v) is 11.1. The molecule has 0 saturated carbocycles. The molecule has 5 nitrogen and oxygen atoms in total. The molecule has 0 aliphatic heterocycles. The van der Waals surface area contributed by atoms with Crippen molar-refractivity contribution in [2.75, 3.05) is 12.0 Å². The first-order valence-corrected chi connectivity index (χ1v) is 6.96. The van der Waals surface area contributed by atoms with Gasteiger partial charge in [-0.3, -0.25) is 0 Å². The lowest BCUT2D eigenvalue weighted by Gasteiger charge is -2.10. The SMILES string of the molecule is Cc1nc(C(C)S(C)(=O)=O)nc(N)c1Br. The van der Waals surface area contributed by atoms with Crippen molar-refractivity contribution in [1.29, 1.82) is 0 Å². The summed E-state index contributed by atoms with van der Waals surface area (Å²) in [6.07, 6.45) is 1.15. The molecule has 1 aromatic heterocycles. The maximum absolute atomic E-state index is 11.3. The molecule has 2 N–H and O–H groups in total. The highest BCUT2D eigenvalue weighted by molar-refractivity contribution is 9.10. The molecule has 0 aliphatic carbocycles. The number of sulfone groups is 1. The molecule has 1 atom stereocenters. The van der Waals surface area contributed by atoms with Crippen LogP contribution in [0.2, 0.25) is 0 Å². The Labute approximate surface area is 97.2 Å². The van der Waals surface area contributed by atoms with Crippen LogP contribution in [0, 0.1) is 6.92 Å². The zero-order valence-electron chi connectivity index (χ0n) is 8.65. The number of hydrogen-bond donors (Lipinski definition) is 1. The van der Waals surface area contributed by atoms with E-state index in [-0.39, 0.29) is 11.6 Å². The average molecular weight is 294 g/mol. The van der Waals surface area contributed by atoms with Crippen molar-refractivity contribution in [3.05, 3.63) is 16.0 Å². The lowest BCUT2D eigenvalue weighted by Crippen LogP contribution is -2.13. The van der Waals surface area contributed by atoms with Crippen LogP contribution < -0.4 is 5.73 Å². The molecule has 15 heavy (non-hydrogen) atoms. The molecule has 0 fully saturated rings. The topological polar surface area (TPSA) is 85.9 Å². The highest BCUT2D eigenvalue weighted by atomic mass is 79.9. The second kappa shape index (κ2) is 4.05. The van der Waals surface area contributed by atoms with E-state index in [9.17, 15) is 8.42 Å². The highest BCUT2D eigenvalue weighted by Gasteiger charge is 2.21. The minimum atomic E-state index is -3.20. The average Bonchev–Trinajstić information content (AvgIpc) is 2.10. The van der Waals surface area contributed by atoms with Gasteiger partial charge in [0.2, 0.25) is 0 Å². The molecule has 0 spiro atoms. The molecule has 7 heteroatoms. The summed E-state index contributed by atoms with van der Waals surface area (Å²) in [5.74, 6) is 0.490. The Morgan fingerprint density at radius 2 is 1.93 bits per heavy atom. The summed E-state index contributed by atoms with van der Waals surface area (Å²) in [5.41, 5.74) is 6.24. The number of nitrogens with zero attached hydrogens (tertiary/aromatic N) is 2. The summed E-state index contributed by atoms with van der Waals surface area (Å²) in [5, 5.41) is -0.744. The van der Waals surface area contributed by atoms with Crippen molar-refractivity contribution in [3.63, 3.8) is 0 Å². The summed E-state index contributed by atoms with van der Waals surface area (Å²) in [6, 6.07) is 0. The maximum Gasteiger partial charge on any atom is 0.157 e. The van der Waals surface area contributed by atoms with E-state index in [0.717, 1.165) is 6.26 Å². The van der Waals surface area contributed by atoms with Gasteiger partial charge in [0.15, 0.2) is 9.84 Å². The van der Waals surface area contributed by atoms with Crippen LogP contribution in [0.3, 0.4) is 0 Å². The van der Waals surface area contributed by atoms with E-state index in [1.165, 1.54) is 6.92 Å². The number of hydrogen-bond acceptors (Lipinski definition) is 5. The number of halogens is 1. The Hall–Kier alpha value is -0.690. The zero-order chi connectivity index (χ0) is 11.8. The van der Waals surface area contributed by atoms with Crippen molar-refractivity contribution in [1.82, 2.24) is 9.97 Å². The van der Waals surface area contributed by atoms with E-state index in [4.69, 9.17) is 5.73 Å². The standard InChI is InChI=1S/C8H12BrN3O2S/c1-4-6(9)7(10)12-8(11-4)5(2)15(3,13)14/h5H,1-3H3,(H2,10,11,12). The van der Waals surface area contributed by atoms with Gasteiger partial charge < -0.3 is 5.73 Å². The first kappa shape index (κ1) is 12.4. The number of anilines is 1. The molecular weight excluding hydrogens is 282 g/mol. The quantitative estimate of drug-likeness (QED) is 0.886.